The zero-order valence-electron chi connectivity index (χ0n) is 17.6. The van der Waals surface area contributed by atoms with Crippen LogP contribution >= 0.6 is 11.6 Å². The summed E-state index contributed by atoms with van der Waals surface area (Å²) >= 11 is 6.05. The number of rotatable bonds is 5. The zero-order valence-corrected chi connectivity index (χ0v) is 18.3. The van der Waals surface area contributed by atoms with E-state index < -0.39 is 5.92 Å². The summed E-state index contributed by atoms with van der Waals surface area (Å²) in [7, 11) is 0. The topological polar surface area (TPSA) is 88.3 Å². The van der Waals surface area contributed by atoms with E-state index >= 15 is 0 Å². The molecule has 31 heavy (non-hydrogen) atoms. The normalized spacial score (nSPS) is 16.2. The number of nitrogens with zero attached hydrogens (tertiary/aromatic N) is 3. The van der Waals surface area contributed by atoms with Crippen molar-refractivity contribution in [2.75, 3.05) is 16.8 Å². The molecule has 0 saturated carbocycles. The minimum Gasteiger partial charge on any atom is -0.334 e. The zero-order chi connectivity index (χ0) is 22.1. The number of carbonyl (C=O) groups excluding carboxylic acids is 2. The number of aromatic nitrogens is 2. The van der Waals surface area contributed by atoms with E-state index in [1.807, 2.05) is 45.0 Å². The Labute approximate surface area is 185 Å². The molecule has 0 spiro atoms. The van der Waals surface area contributed by atoms with Gasteiger partial charge in [-0.3, -0.25) is 9.59 Å². The minimum atomic E-state index is -0.479. The molecule has 1 atom stereocenters. The molecule has 1 unspecified atom stereocenters. The Morgan fingerprint density at radius 1 is 1.26 bits per heavy atom. The van der Waals surface area contributed by atoms with E-state index in [0.29, 0.717) is 40.2 Å². The number of halogens is 1. The van der Waals surface area contributed by atoms with Crippen molar-refractivity contribution in [3.05, 3.63) is 58.9 Å². The lowest BCUT2D eigenvalue weighted by atomic mass is 10.0. The molecule has 2 amide bonds. The standard InChI is InChI=1S/C23H23ClN4O3/c1-13(2)21-26-23(31-27-21)18-9-4-6-14(3)20(18)25-22(30)15-10-19(29)28(12-15)17-8-5-7-16(24)11-17/h4-9,11,13,15H,10,12H2,1-3H3,(H,25,30). The van der Waals surface area contributed by atoms with Crippen LogP contribution in [-0.4, -0.2) is 28.5 Å². The summed E-state index contributed by atoms with van der Waals surface area (Å²) in [5.74, 6) is 0.274. The molecule has 4 rings (SSSR count). The van der Waals surface area contributed by atoms with Crippen LogP contribution in [0.5, 0.6) is 0 Å². The summed E-state index contributed by atoms with van der Waals surface area (Å²) in [5, 5.41) is 7.55. The van der Waals surface area contributed by atoms with Gasteiger partial charge in [0.05, 0.1) is 17.2 Å². The smallest absolute Gasteiger partial charge is 0.260 e. The lowest BCUT2D eigenvalue weighted by Gasteiger charge is -2.18. The molecule has 0 bridgehead atoms. The van der Waals surface area contributed by atoms with E-state index in [0.717, 1.165) is 5.56 Å². The SMILES string of the molecule is Cc1cccc(-c2nc(C(C)C)no2)c1NC(=O)C1CC(=O)N(c2cccc(Cl)c2)C1. The summed E-state index contributed by atoms with van der Waals surface area (Å²) in [6.45, 7) is 6.16. The fourth-order valence-corrected chi connectivity index (χ4v) is 3.78. The Hall–Kier alpha value is -3.19. The molecule has 1 aliphatic rings. The Bertz CT molecular complexity index is 1140. The van der Waals surface area contributed by atoms with Gasteiger partial charge in [0.2, 0.25) is 11.8 Å². The van der Waals surface area contributed by atoms with Gasteiger partial charge in [0.25, 0.3) is 5.89 Å². The van der Waals surface area contributed by atoms with Crippen molar-refractivity contribution in [2.24, 2.45) is 5.92 Å². The molecule has 1 fully saturated rings. The van der Waals surface area contributed by atoms with Gasteiger partial charge in [0.15, 0.2) is 5.82 Å². The summed E-state index contributed by atoms with van der Waals surface area (Å²) in [6, 6.07) is 12.7. The number of hydrogen-bond donors (Lipinski definition) is 1. The van der Waals surface area contributed by atoms with Gasteiger partial charge in [-0.05, 0) is 36.8 Å². The summed E-state index contributed by atoms with van der Waals surface area (Å²) in [5.41, 5.74) is 2.83. The van der Waals surface area contributed by atoms with Crippen LogP contribution in [0, 0.1) is 12.8 Å². The average Bonchev–Trinajstić information content (AvgIpc) is 3.37. The van der Waals surface area contributed by atoms with Crippen LogP contribution in [-0.2, 0) is 9.59 Å². The molecule has 2 aromatic carbocycles. The highest BCUT2D eigenvalue weighted by Crippen LogP contribution is 2.32. The molecular weight excluding hydrogens is 416 g/mol. The Kier molecular flexibility index (Phi) is 5.78. The number of amides is 2. The molecule has 160 valence electrons. The van der Waals surface area contributed by atoms with Gasteiger partial charge in [-0.25, -0.2) is 0 Å². The maximum Gasteiger partial charge on any atom is 0.260 e. The molecular formula is C23H23ClN4O3. The number of hydrogen-bond acceptors (Lipinski definition) is 5. The second-order valence-corrected chi connectivity index (χ2v) is 8.42. The second kappa shape index (κ2) is 8.51. The van der Waals surface area contributed by atoms with Gasteiger partial charge < -0.3 is 14.7 Å². The number of benzene rings is 2. The van der Waals surface area contributed by atoms with Crippen molar-refractivity contribution in [2.45, 2.75) is 33.1 Å². The molecule has 8 heteroatoms. The van der Waals surface area contributed by atoms with E-state index in [2.05, 4.69) is 15.5 Å². The monoisotopic (exact) mass is 438 g/mol. The van der Waals surface area contributed by atoms with Crippen LogP contribution in [0.25, 0.3) is 11.5 Å². The Morgan fingerprint density at radius 2 is 2.03 bits per heavy atom. The first kappa shape index (κ1) is 21.1. The molecule has 7 nitrogen and oxygen atoms in total. The van der Waals surface area contributed by atoms with Crippen LogP contribution in [0.3, 0.4) is 0 Å². The first-order valence-corrected chi connectivity index (χ1v) is 10.5. The third kappa shape index (κ3) is 4.32. The molecule has 1 aliphatic heterocycles. The van der Waals surface area contributed by atoms with Gasteiger partial charge in [0, 0.05) is 29.6 Å². The molecule has 1 saturated heterocycles. The number of aryl methyl sites for hydroxylation is 1. The third-order valence-electron chi connectivity index (χ3n) is 5.33. The Balaban J connectivity index is 1.56. The lowest BCUT2D eigenvalue weighted by Crippen LogP contribution is -2.28. The van der Waals surface area contributed by atoms with Gasteiger partial charge in [0.1, 0.15) is 0 Å². The average molecular weight is 439 g/mol. The minimum absolute atomic E-state index is 0.106. The van der Waals surface area contributed by atoms with E-state index in [4.69, 9.17) is 16.1 Å². The van der Waals surface area contributed by atoms with Crippen molar-refractivity contribution in [3.63, 3.8) is 0 Å². The highest BCUT2D eigenvalue weighted by atomic mass is 35.5. The van der Waals surface area contributed by atoms with Crippen LogP contribution in [0.2, 0.25) is 5.02 Å². The molecule has 0 radical (unpaired) electrons. The predicted octanol–water partition coefficient (Wildman–Crippen LogP) is 4.81. The summed E-state index contributed by atoms with van der Waals surface area (Å²) < 4.78 is 5.43. The molecule has 0 aliphatic carbocycles. The van der Waals surface area contributed by atoms with Crippen molar-refractivity contribution in [1.82, 2.24) is 10.1 Å². The van der Waals surface area contributed by atoms with Gasteiger partial charge in [-0.2, -0.15) is 4.98 Å². The number of carbonyl (C=O) groups is 2. The highest BCUT2D eigenvalue weighted by Gasteiger charge is 2.35. The molecule has 2 heterocycles. The van der Waals surface area contributed by atoms with Gasteiger partial charge in [-0.1, -0.05) is 48.8 Å². The van der Waals surface area contributed by atoms with Gasteiger partial charge in [-0.15, -0.1) is 0 Å². The number of para-hydroxylation sites is 1. The lowest BCUT2D eigenvalue weighted by molar-refractivity contribution is -0.122. The van der Waals surface area contributed by atoms with Crippen LogP contribution in [0.4, 0.5) is 11.4 Å². The quantitative estimate of drug-likeness (QED) is 0.617. The van der Waals surface area contributed by atoms with Crippen molar-refractivity contribution < 1.29 is 14.1 Å². The number of nitrogens with one attached hydrogen (secondary N) is 1. The van der Waals surface area contributed by atoms with E-state index in [-0.39, 0.29) is 24.2 Å². The van der Waals surface area contributed by atoms with Crippen molar-refractivity contribution in [1.29, 1.82) is 0 Å². The van der Waals surface area contributed by atoms with Crippen LogP contribution in [0.15, 0.2) is 47.0 Å². The summed E-state index contributed by atoms with van der Waals surface area (Å²) in [4.78, 5) is 31.7. The molecule has 3 aromatic rings. The van der Waals surface area contributed by atoms with Gasteiger partial charge >= 0.3 is 0 Å². The fourth-order valence-electron chi connectivity index (χ4n) is 3.59. The third-order valence-corrected chi connectivity index (χ3v) is 5.56. The Morgan fingerprint density at radius 3 is 2.74 bits per heavy atom. The molecule has 1 aromatic heterocycles. The second-order valence-electron chi connectivity index (χ2n) is 7.98. The van der Waals surface area contributed by atoms with Crippen LogP contribution < -0.4 is 10.2 Å². The van der Waals surface area contributed by atoms with E-state index in [1.165, 1.54) is 0 Å². The van der Waals surface area contributed by atoms with E-state index in [1.54, 1.807) is 23.1 Å². The maximum absolute atomic E-state index is 13.1. The first-order chi connectivity index (χ1) is 14.8. The first-order valence-electron chi connectivity index (χ1n) is 10.1. The van der Waals surface area contributed by atoms with Crippen molar-refractivity contribution in [3.8, 4) is 11.5 Å². The molecule has 1 N–H and O–H groups in total. The maximum atomic E-state index is 13.1. The van der Waals surface area contributed by atoms with Crippen LogP contribution in [0.1, 0.15) is 37.6 Å². The largest absolute Gasteiger partial charge is 0.334 e. The van der Waals surface area contributed by atoms with Crippen molar-refractivity contribution >= 4 is 34.8 Å². The van der Waals surface area contributed by atoms with E-state index in [9.17, 15) is 9.59 Å². The summed E-state index contributed by atoms with van der Waals surface area (Å²) in [6.07, 6.45) is 0.137. The highest BCUT2D eigenvalue weighted by molar-refractivity contribution is 6.31. The number of anilines is 2. The fraction of sp³-hybridized carbons (Fsp3) is 0.304. The predicted molar refractivity (Wildman–Crippen MR) is 119 cm³/mol.